The van der Waals surface area contributed by atoms with E-state index in [1.807, 2.05) is 42.1 Å². The number of aryl methyl sites for hydroxylation is 1. The Morgan fingerprint density at radius 1 is 1.25 bits per heavy atom. The van der Waals surface area contributed by atoms with Crippen molar-refractivity contribution in [1.29, 1.82) is 0 Å². The van der Waals surface area contributed by atoms with Crippen LogP contribution in [0.25, 0.3) is 5.69 Å². The SMILES string of the molecule is CC(Nc1cccc(-n2cnnn2)c1)c1ccnn1C. The van der Waals surface area contributed by atoms with Gasteiger partial charge in [-0.3, -0.25) is 4.68 Å². The molecule has 7 heteroatoms. The number of nitrogens with zero attached hydrogens (tertiary/aromatic N) is 6. The third-order valence-corrected chi connectivity index (χ3v) is 3.15. The molecule has 1 N–H and O–H groups in total. The molecule has 0 amide bonds. The van der Waals surface area contributed by atoms with E-state index in [1.165, 1.54) is 0 Å². The monoisotopic (exact) mass is 269 g/mol. The van der Waals surface area contributed by atoms with Crippen LogP contribution in [0.2, 0.25) is 0 Å². The number of nitrogens with one attached hydrogen (secondary N) is 1. The third kappa shape index (κ3) is 2.37. The molecule has 2 aromatic heterocycles. The highest BCUT2D eigenvalue weighted by molar-refractivity contribution is 5.51. The Balaban J connectivity index is 1.81. The number of benzene rings is 1. The summed E-state index contributed by atoms with van der Waals surface area (Å²) in [5.74, 6) is 0. The van der Waals surface area contributed by atoms with Crippen LogP contribution in [0.3, 0.4) is 0 Å². The molecule has 0 saturated heterocycles. The molecular formula is C13H15N7. The van der Waals surface area contributed by atoms with Crippen LogP contribution in [0.5, 0.6) is 0 Å². The van der Waals surface area contributed by atoms with Crippen molar-refractivity contribution >= 4 is 5.69 Å². The summed E-state index contributed by atoms with van der Waals surface area (Å²) in [6, 6.07) is 10.1. The maximum absolute atomic E-state index is 4.18. The van der Waals surface area contributed by atoms with Crippen molar-refractivity contribution in [3.8, 4) is 5.69 Å². The van der Waals surface area contributed by atoms with Gasteiger partial charge in [-0.1, -0.05) is 6.07 Å². The molecular weight excluding hydrogens is 254 g/mol. The van der Waals surface area contributed by atoms with Crippen LogP contribution >= 0.6 is 0 Å². The molecule has 7 nitrogen and oxygen atoms in total. The summed E-state index contributed by atoms with van der Waals surface area (Å²) in [5, 5.41) is 18.8. The first-order valence-corrected chi connectivity index (χ1v) is 6.32. The molecule has 1 unspecified atom stereocenters. The predicted molar refractivity (Wildman–Crippen MR) is 74.4 cm³/mol. The molecule has 20 heavy (non-hydrogen) atoms. The van der Waals surface area contributed by atoms with E-state index in [9.17, 15) is 0 Å². The van der Waals surface area contributed by atoms with Crippen molar-refractivity contribution in [1.82, 2.24) is 30.0 Å². The summed E-state index contributed by atoms with van der Waals surface area (Å²) in [4.78, 5) is 0. The molecule has 3 rings (SSSR count). The molecule has 0 aliphatic carbocycles. The number of rotatable bonds is 4. The van der Waals surface area contributed by atoms with E-state index in [2.05, 4.69) is 32.9 Å². The Hall–Kier alpha value is -2.70. The highest BCUT2D eigenvalue weighted by atomic mass is 15.5. The van der Waals surface area contributed by atoms with E-state index in [1.54, 1.807) is 17.2 Å². The molecule has 0 bridgehead atoms. The molecule has 3 aromatic rings. The number of hydrogen-bond acceptors (Lipinski definition) is 5. The van der Waals surface area contributed by atoms with Crippen molar-refractivity contribution in [2.24, 2.45) is 7.05 Å². The molecule has 0 radical (unpaired) electrons. The maximum atomic E-state index is 4.18. The highest BCUT2D eigenvalue weighted by Gasteiger charge is 2.09. The number of anilines is 1. The molecule has 0 aliphatic rings. The first-order valence-electron chi connectivity index (χ1n) is 6.32. The zero-order valence-electron chi connectivity index (χ0n) is 11.3. The lowest BCUT2D eigenvalue weighted by Crippen LogP contribution is -2.11. The molecule has 1 aromatic carbocycles. The molecule has 0 saturated carbocycles. The van der Waals surface area contributed by atoms with Crippen LogP contribution in [0.1, 0.15) is 18.7 Å². The lowest BCUT2D eigenvalue weighted by atomic mass is 10.2. The fourth-order valence-electron chi connectivity index (χ4n) is 2.15. The minimum absolute atomic E-state index is 0.159. The van der Waals surface area contributed by atoms with Crippen LogP contribution in [-0.2, 0) is 7.05 Å². The van der Waals surface area contributed by atoms with Gasteiger partial charge in [0, 0.05) is 18.9 Å². The van der Waals surface area contributed by atoms with Crippen molar-refractivity contribution in [2.75, 3.05) is 5.32 Å². The van der Waals surface area contributed by atoms with E-state index in [0.717, 1.165) is 17.1 Å². The van der Waals surface area contributed by atoms with Gasteiger partial charge in [-0.25, -0.2) is 4.68 Å². The Morgan fingerprint density at radius 3 is 2.85 bits per heavy atom. The van der Waals surface area contributed by atoms with E-state index < -0.39 is 0 Å². The van der Waals surface area contributed by atoms with Gasteiger partial charge in [0.15, 0.2) is 0 Å². The second kappa shape index (κ2) is 5.12. The van der Waals surface area contributed by atoms with Gasteiger partial charge in [-0.2, -0.15) is 5.10 Å². The van der Waals surface area contributed by atoms with Crippen molar-refractivity contribution in [3.63, 3.8) is 0 Å². The van der Waals surface area contributed by atoms with Gasteiger partial charge in [0.05, 0.1) is 17.4 Å². The van der Waals surface area contributed by atoms with E-state index in [0.29, 0.717) is 0 Å². The molecule has 0 spiro atoms. The first-order chi connectivity index (χ1) is 9.74. The van der Waals surface area contributed by atoms with Gasteiger partial charge in [-0.05, 0) is 41.6 Å². The quantitative estimate of drug-likeness (QED) is 0.778. The minimum atomic E-state index is 0.159. The fraction of sp³-hybridized carbons (Fsp3) is 0.231. The summed E-state index contributed by atoms with van der Waals surface area (Å²) < 4.78 is 3.49. The minimum Gasteiger partial charge on any atom is -0.377 e. The average molecular weight is 269 g/mol. The van der Waals surface area contributed by atoms with Gasteiger partial charge < -0.3 is 5.32 Å². The Kier molecular flexibility index (Phi) is 3.16. The lowest BCUT2D eigenvalue weighted by molar-refractivity contribution is 0.675. The highest BCUT2D eigenvalue weighted by Crippen LogP contribution is 2.20. The van der Waals surface area contributed by atoms with E-state index in [-0.39, 0.29) is 6.04 Å². The smallest absolute Gasteiger partial charge is 0.143 e. The van der Waals surface area contributed by atoms with Crippen LogP contribution in [0.4, 0.5) is 5.69 Å². The van der Waals surface area contributed by atoms with E-state index in [4.69, 9.17) is 0 Å². The summed E-state index contributed by atoms with van der Waals surface area (Å²) in [6.45, 7) is 2.10. The standard InChI is InChI=1S/C13H15N7/c1-10(13-6-7-15-19(13)2)16-11-4-3-5-12(8-11)20-9-14-17-18-20/h3-10,16H,1-2H3. The van der Waals surface area contributed by atoms with Crippen LogP contribution in [-0.4, -0.2) is 30.0 Å². The molecule has 0 aliphatic heterocycles. The topological polar surface area (TPSA) is 73.5 Å². The van der Waals surface area contributed by atoms with Crippen LogP contribution < -0.4 is 5.32 Å². The molecule has 0 fully saturated rings. The molecule has 2 heterocycles. The normalized spacial score (nSPS) is 12.3. The van der Waals surface area contributed by atoms with Crippen molar-refractivity contribution in [3.05, 3.63) is 48.5 Å². The number of aromatic nitrogens is 6. The van der Waals surface area contributed by atoms with Crippen molar-refractivity contribution in [2.45, 2.75) is 13.0 Å². The summed E-state index contributed by atoms with van der Waals surface area (Å²) in [7, 11) is 1.94. The summed E-state index contributed by atoms with van der Waals surface area (Å²) in [5.41, 5.74) is 3.04. The van der Waals surface area contributed by atoms with Gasteiger partial charge >= 0.3 is 0 Å². The average Bonchev–Trinajstić information content (AvgIpc) is 3.09. The predicted octanol–water partition coefficient (Wildman–Crippen LogP) is 1.57. The molecule has 102 valence electrons. The largest absolute Gasteiger partial charge is 0.377 e. The van der Waals surface area contributed by atoms with Crippen LogP contribution in [0, 0.1) is 0 Å². The zero-order valence-corrected chi connectivity index (χ0v) is 11.3. The van der Waals surface area contributed by atoms with Gasteiger partial charge in [0.1, 0.15) is 6.33 Å². The zero-order chi connectivity index (χ0) is 13.9. The summed E-state index contributed by atoms with van der Waals surface area (Å²) >= 11 is 0. The van der Waals surface area contributed by atoms with Gasteiger partial charge in [0.25, 0.3) is 0 Å². The van der Waals surface area contributed by atoms with Crippen LogP contribution in [0.15, 0.2) is 42.9 Å². The molecule has 1 atom stereocenters. The third-order valence-electron chi connectivity index (χ3n) is 3.15. The fourth-order valence-corrected chi connectivity index (χ4v) is 2.15. The Bertz CT molecular complexity index is 686. The van der Waals surface area contributed by atoms with E-state index >= 15 is 0 Å². The second-order valence-corrected chi connectivity index (χ2v) is 4.55. The maximum Gasteiger partial charge on any atom is 0.143 e. The first kappa shape index (κ1) is 12.3. The number of hydrogen-bond donors (Lipinski definition) is 1. The van der Waals surface area contributed by atoms with Gasteiger partial charge in [0.2, 0.25) is 0 Å². The lowest BCUT2D eigenvalue weighted by Gasteiger charge is -2.16. The van der Waals surface area contributed by atoms with Gasteiger partial charge in [-0.15, -0.1) is 5.10 Å². The second-order valence-electron chi connectivity index (χ2n) is 4.55. The number of tetrazole rings is 1. The summed E-state index contributed by atoms with van der Waals surface area (Å²) in [6.07, 6.45) is 3.37. The van der Waals surface area contributed by atoms with Crippen molar-refractivity contribution < 1.29 is 0 Å². The Morgan fingerprint density at radius 2 is 2.15 bits per heavy atom. The Labute approximate surface area is 116 Å².